The van der Waals surface area contributed by atoms with Gasteiger partial charge in [0.05, 0.1) is 0 Å². The highest BCUT2D eigenvalue weighted by atomic mass is 16.1. The third kappa shape index (κ3) is 4.77. The molecule has 2 rings (SSSR count). The normalized spacial score (nSPS) is 33.1. The molecule has 0 aliphatic carbocycles. The Hall–Kier alpha value is -0.610. The van der Waals surface area contributed by atoms with Gasteiger partial charge >= 0.3 is 0 Å². The number of carbonyl (C=O) groups excluding carboxylic acids is 1. The molecule has 0 spiro atoms. The first-order valence-electron chi connectivity index (χ1n) is 7.88. The molecule has 110 valence electrons. The Kier molecular flexibility index (Phi) is 5.64. The van der Waals surface area contributed by atoms with E-state index in [1.807, 2.05) is 0 Å². The molecular formula is C15H29N3O. The molecule has 2 saturated heterocycles. The third-order valence-corrected chi connectivity index (χ3v) is 4.71. The minimum absolute atomic E-state index is 0.245. The van der Waals surface area contributed by atoms with Crippen LogP contribution in [-0.4, -0.2) is 49.1 Å². The molecule has 2 N–H and O–H groups in total. The molecule has 0 aromatic heterocycles. The number of likely N-dealkylation sites (tertiary alicyclic amines) is 1. The van der Waals surface area contributed by atoms with Crippen LogP contribution >= 0.6 is 0 Å². The first kappa shape index (κ1) is 14.8. The summed E-state index contributed by atoms with van der Waals surface area (Å²) in [5.74, 6) is 0.245. The van der Waals surface area contributed by atoms with Gasteiger partial charge in [0.1, 0.15) is 0 Å². The number of nitrogens with zero attached hydrogens (tertiary/aromatic N) is 1. The van der Waals surface area contributed by atoms with E-state index >= 15 is 0 Å². The summed E-state index contributed by atoms with van der Waals surface area (Å²) in [7, 11) is 2.16. The van der Waals surface area contributed by atoms with Crippen molar-refractivity contribution in [2.75, 3.05) is 20.1 Å². The quantitative estimate of drug-likeness (QED) is 0.811. The van der Waals surface area contributed by atoms with Gasteiger partial charge in [-0.3, -0.25) is 4.79 Å². The van der Waals surface area contributed by atoms with Crippen LogP contribution in [0.15, 0.2) is 0 Å². The van der Waals surface area contributed by atoms with Crippen molar-refractivity contribution in [3.63, 3.8) is 0 Å². The smallest absolute Gasteiger partial charge is 0.220 e. The monoisotopic (exact) mass is 267 g/mol. The molecule has 0 saturated carbocycles. The molecule has 2 aliphatic heterocycles. The van der Waals surface area contributed by atoms with Crippen molar-refractivity contribution >= 4 is 5.91 Å². The highest BCUT2D eigenvalue weighted by molar-refractivity contribution is 5.76. The van der Waals surface area contributed by atoms with Gasteiger partial charge in [-0.15, -0.1) is 0 Å². The molecule has 2 heterocycles. The summed E-state index contributed by atoms with van der Waals surface area (Å²) in [5, 5.41) is 6.72. The number of carbonyl (C=O) groups is 1. The van der Waals surface area contributed by atoms with Crippen LogP contribution in [-0.2, 0) is 4.79 Å². The first-order valence-corrected chi connectivity index (χ1v) is 7.88. The van der Waals surface area contributed by atoms with E-state index in [4.69, 9.17) is 0 Å². The second-order valence-electron chi connectivity index (χ2n) is 6.30. The van der Waals surface area contributed by atoms with Gasteiger partial charge in [-0.1, -0.05) is 6.42 Å². The maximum atomic E-state index is 12.0. The SMILES string of the molecule is CC1CC(NC(=O)CCC2CCCCN2)CCN1C. The number of amides is 1. The van der Waals surface area contributed by atoms with Crippen molar-refractivity contribution in [1.82, 2.24) is 15.5 Å². The molecule has 19 heavy (non-hydrogen) atoms. The third-order valence-electron chi connectivity index (χ3n) is 4.71. The van der Waals surface area contributed by atoms with Crippen LogP contribution in [0, 0.1) is 0 Å². The van der Waals surface area contributed by atoms with Crippen LogP contribution in [0.3, 0.4) is 0 Å². The summed E-state index contributed by atoms with van der Waals surface area (Å²) in [5.41, 5.74) is 0. The Balaban J connectivity index is 1.63. The van der Waals surface area contributed by atoms with Crippen LogP contribution in [0.1, 0.15) is 51.9 Å². The second kappa shape index (κ2) is 7.25. The van der Waals surface area contributed by atoms with Gasteiger partial charge in [0, 0.05) is 31.1 Å². The van der Waals surface area contributed by atoms with E-state index in [1.54, 1.807) is 0 Å². The highest BCUT2D eigenvalue weighted by Gasteiger charge is 2.24. The molecule has 0 radical (unpaired) electrons. The van der Waals surface area contributed by atoms with Gasteiger partial charge in [0.25, 0.3) is 0 Å². The Morgan fingerprint density at radius 1 is 1.37 bits per heavy atom. The minimum Gasteiger partial charge on any atom is -0.353 e. The fraction of sp³-hybridized carbons (Fsp3) is 0.933. The standard InChI is InChI=1S/C15H29N3O/c1-12-11-14(8-10-18(12)2)17-15(19)7-6-13-5-3-4-9-16-13/h12-14,16H,3-11H2,1-2H3,(H,17,19). The van der Waals surface area contributed by atoms with Crippen molar-refractivity contribution in [3.05, 3.63) is 0 Å². The number of hydrogen-bond donors (Lipinski definition) is 2. The van der Waals surface area contributed by atoms with Crippen molar-refractivity contribution in [3.8, 4) is 0 Å². The number of piperidine rings is 2. The van der Waals surface area contributed by atoms with Crippen molar-refractivity contribution in [2.45, 2.75) is 70.0 Å². The lowest BCUT2D eigenvalue weighted by Gasteiger charge is -2.35. The predicted molar refractivity (Wildman–Crippen MR) is 78.1 cm³/mol. The van der Waals surface area contributed by atoms with Crippen LogP contribution in [0.2, 0.25) is 0 Å². The topological polar surface area (TPSA) is 44.4 Å². The zero-order valence-corrected chi connectivity index (χ0v) is 12.5. The summed E-state index contributed by atoms with van der Waals surface area (Å²) in [6.07, 6.45) is 7.69. The highest BCUT2D eigenvalue weighted by Crippen LogP contribution is 2.16. The molecule has 2 fully saturated rings. The maximum Gasteiger partial charge on any atom is 0.220 e. The molecule has 3 unspecified atom stereocenters. The summed E-state index contributed by atoms with van der Waals surface area (Å²) >= 11 is 0. The summed E-state index contributed by atoms with van der Waals surface area (Å²) in [6, 6.07) is 1.54. The largest absolute Gasteiger partial charge is 0.353 e. The fourth-order valence-corrected chi connectivity index (χ4v) is 3.20. The zero-order valence-electron chi connectivity index (χ0n) is 12.5. The minimum atomic E-state index is 0.245. The van der Waals surface area contributed by atoms with E-state index in [0.29, 0.717) is 24.5 Å². The van der Waals surface area contributed by atoms with Gasteiger partial charge in [-0.05, 0) is 52.6 Å². The Morgan fingerprint density at radius 2 is 2.21 bits per heavy atom. The van der Waals surface area contributed by atoms with Crippen LogP contribution in [0.4, 0.5) is 0 Å². The van der Waals surface area contributed by atoms with E-state index in [2.05, 4.69) is 29.5 Å². The molecule has 0 aromatic rings. The van der Waals surface area contributed by atoms with Gasteiger partial charge in [0.15, 0.2) is 0 Å². The summed E-state index contributed by atoms with van der Waals surface area (Å²) in [4.78, 5) is 14.4. The van der Waals surface area contributed by atoms with E-state index < -0.39 is 0 Å². The molecule has 0 aromatic carbocycles. The Labute approximate surface area is 117 Å². The molecule has 1 amide bonds. The van der Waals surface area contributed by atoms with Gasteiger partial charge in [-0.2, -0.15) is 0 Å². The number of hydrogen-bond acceptors (Lipinski definition) is 3. The van der Waals surface area contributed by atoms with Gasteiger partial charge < -0.3 is 15.5 Å². The fourth-order valence-electron chi connectivity index (χ4n) is 3.20. The van der Waals surface area contributed by atoms with E-state index in [9.17, 15) is 4.79 Å². The summed E-state index contributed by atoms with van der Waals surface area (Å²) in [6.45, 7) is 4.46. The summed E-state index contributed by atoms with van der Waals surface area (Å²) < 4.78 is 0. The number of rotatable bonds is 4. The molecular weight excluding hydrogens is 238 g/mol. The molecule has 4 heteroatoms. The van der Waals surface area contributed by atoms with Crippen LogP contribution in [0.25, 0.3) is 0 Å². The maximum absolute atomic E-state index is 12.0. The van der Waals surface area contributed by atoms with E-state index in [1.165, 1.54) is 19.3 Å². The predicted octanol–water partition coefficient (Wildman–Crippen LogP) is 1.51. The van der Waals surface area contributed by atoms with Crippen molar-refractivity contribution in [1.29, 1.82) is 0 Å². The molecule has 0 bridgehead atoms. The lowest BCUT2D eigenvalue weighted by atomic mass is 9.98. The van der Waals surface area contributed by atoms with Gasteiger partial charge in [0.2, 0.25) is 5.91 Å². The van der Waals surface area contributed by atoms with Crippen molar-refractivity contribution in [2.24, 2.45) is 0 Å². The van der Waals surface area contributed by atoms with E-state index in [0.717, 1.165) is 32.4 Å². The molecule has 2 aliphatic rings. The average molecular weight is 267 g/mol. The van der Waals surface area contributed by atoms with Crippen molar-refractivity contribution < 1.29 is 4.79 Å². The molecule has 3 atom stereocenters. The lowest BCUT2D eigenvalue weighted by Crippen LogP contribution is -2.47. The molecule has 4 nitrogen and oxygen atoms in total. The van der Waals surface area contributed by atoms with E-state index in [-0.39, 0.29) is 5.91 Å². The van der Waals surface area contributed by atoms with Gasteiger partial charge in [-0.25, -0.2) is 0 Å². The lowest BCUT2D eigenvalue weighted by molar-refractivity contribution is -0.122. The number of nitrogens with one attached hydrogen (secondary N) is 2. The average Bonchev–Trinajstić information content (AvgIpc) is 2.42. The Bertz CT molecular complexity index is 289. The first-order chi connectivity index (χ1) is 9.15. The van der Waals surface area contributed by atoms with Crippen LogP contribution in [0.5, 0.6) is 0 Å². The Morgan fingerprint density at radius 3 is 2.89 bits per heavy atom. The second-order valence-corrected chi connectivity index (χ2v) is 6.30. The van der Waals surface area contributed by atoms with Crippen LogP contribution < -0.4 is 10.6 Å². The zero-order chi connectivity index (χ0) is 13.7.